The van der Waals surface area contributed by atoms with Crippen molar-refractivity contribution >= 4 is 46.5 Å². The zero-order chi connectivity index (χ0) is 22.6. The molecule has 4 aromatic rings. The Balaban J connectivity index is 1.43. The van der Waals surface area contributed by atoms with Crippen molar-refractivity contribution in [1.29, 1.82) is 0 Å². The second kappa shape index (κ2) is 9.22. The van der Waals surface area contributed by atoms with Crippen molar-refractivity contribution in [2.24, 2.45) is 0 Å². The largest absolute Gasteiger partial charge is 0.467 e. The van der Waals surface area contributed by atoms with Crippen LogP contribution in [-0.4, -0.2) is 16.0 Å². The van der Waals surface area contributed by atoms with Gasteiger partial charge in [0.05, 0.1) is 19.0 Å². The minimum absolute atomic E-state index is 0.305. The quantitative estimate of drug-likeness (QED) is 0.316. The van der Waals surface area contributed by atoms with Crippen molar-refractivity contribution < 1.29 is 9.21 Å². The molecule has 8 nitrogen and oxygen atoms in total. The molecule has 0 unspecified atom stereocenters. The zero-order valence-corrected chi connectivity index (χ0v) is 18.3. The Kier molecular flexibility index (Phi) is 5.82. The standard InChI is InChI=1S/C24H21ClN6O2/c25-20-14-26-23-29-17-4-1-3-15(11-17)6-7-16-12-18(28-22(20)31-23)8-9-21(16)30-24(32)27-13-19-5-2-10-33-19/h1-5,8-12,14H,6-7,13H2,(H2,27,30,32)(H2,26,28,29,31). The van der Waals surface area contributed by atoms with Gasteiger partial charge in [-0.1, -0.05) is 23.7 Å². The molecule has 9 heteroatoms. The first-order valence-electron chi connectivity index (χ1n) is 10.5. The first kappa shape index (κ1) is 20.8. The van der Waals surface area contributed by atoms with E-state index in [1.54, 1.807) is 18.5 Å². The van der Waals surface area contributed by atoms with E-state index in [2.05, 4.69) is 43.4 Å². The lowest BCUT2D eigenvalue weighted by atomic mass is 10.0. The minimum Gasteiger partial charge on any atom is -0.467 e. The van der Waals surface area contributed by atoms with Crippen LogP contribution in [0.15, 0.2) is 71.5 Å². The summed E-state index contributed by atoms with van der Waals surface area (Å²) in [5.41, 5.74) is 4.57. The molecule has 0 saturated heterocycles. The number of rotatable bonds is 3. The van der Waals surface area contributed by atoms with Gasteiger partial charge in [0.15, 0.2) is 5.82 Å². The number of aryl methyl sites for hydroxylation is 2. The highest BCUT2D eigenvalue weighted by Crippen LogP contribution is 2.29. The van der Waals surface area contributed by atoms with E-state index >= 15 is 0 Å². The van der Waals surface area contributed by atoms with Gasteiger partial charge in [0, 0.05) is 17.1 Å². The van der Waals surface area contributed by atoms with Gasteiger partial charge in [0.2, 0.25) is 5.95 Å². The van der Waals surface area contributed by atoms with E-state index in [-0.39, 0.29) is 6.03 Å². The second-order valence-corrected chi connectivity index (χ2v) is 8.01. The summed E-state index contributed by atoms with van der Waals surface area (Å²) in [7, 11) is 0. The van der Waals surface area contributed by atoms with Gasteiger partial charge in [-0.3, -0.25) is 0 Å². The van der Waals surface area contributed by atoms with E-state index < -0.39 is 0 Å². The molecule has 33 heavy (non-hydrogen) atoms. The maximum atomic E-state index is 12.5. The Morgan fingerprint density at radius 1 is 1.06 bits per heavy atom. The molecule has 2 aromatic heterocycles. The molecule has 0 aliphatic carbocycles. The first-order chi connectivity index (χ1) is 16.1. The highest BCUT2D eigenvalue weighted by atomic mass is 35.5. The van der Waals surface area contributed by atoms with E-state index in [0.717, 1.165) is 41.0 Å². The van der Waals surface area contributed by atoms with E-state index in [1.165, 1.54) is 0 Å². The molecule has 0 fully saturated rings. The maximum Gasteiger partial charge on any atom is 0.319 e. The van der Waals surface area contributed by atoms with Crippen LogP contribution in [0.25, 0.3) is 0 Å². The fraction of sp³-hybridized carbons (Fsp3) is 0.125. The summed E-state index contributed by atoms with van der Waals surface area (Å²) in [4.78, 5) is 21.3. The number of benzene rings is 2. The van der Waals surface area contributed by atoms with Crippen molar-refractivity contribution in [2.75, 3.05) is 16.0 Å². The molecule has 0 spiro atoms. The minimum atomic E-state index is -0.305. The molecule has 1 aliphatic heterocycles. The lowest BCUT2D eigenvalue weighted by Gasteiger charge is -2.15. The average Bonchev–Trinajstić information content (AvgIpc) is 3.33. The molecule has 0 radical (unpaired) electrons. The molecule has 2 amide bonds. The van der Waals surface area contributed by atoms with Crippen LogP contribution in [0.1, 0.15) is 16.9 Å². The molecule has 0 saturated carbocycles. The third kappa shape index (κ3) is 5.07. The van der Waals surface area contributed by atoms with Gasteiger partial charge in [-0.25, -0.2) is 9.78 Å². The third-order valence-electron chi connectivity index (χ3n) is 5.23. The molecule has 2 aromatic carbocycles. The van der Waals surface area contributed by atoms with Crippen LogP contribution in [-0.2, 0) is 19.4 Å². The summed E-state index contributed by atoms with van der Waals surface area (Å²) in [5, 5.41) is 12.7. The molecular formula is C24H21ClN6O2. The summed E-state index contributed by atoms with van der Waals surface area (Å²) in [6, 6.07) is 17.1. The Morgan fingerprint density at radius 2 is 1.97 bits per heavy atom. The molecular weight excluding hydrogens is 440 g/mol. The number of fused-ring (bicyclic) bond motifs is 6. The SMILES string of the molecule is O=C(NCc1ccco1)Nc1ccc2cc1CCc1cccc(c1)Nc1ncc(Cl)c(n1)N2. The summed E-state index contributed by atoms with van der Waals surface area (Å²) >= 11 is 6.32. The second-order valence-electron chi connectivity index (χ2n) is 7.60. The number of furan rings is 1. The Bertz CT molecular complexity index is 1290. The fourth-order valence-electron chi connectivity index (χ4n) is 3.61. The van der Waals surface area contributed by atoms with Crippen molar-refractivity contribution in [3.8, 4) is 0 Å². The number of aromatic nitrogens is 2. The van der Waals surface area contributed by atoms with Gasteiger partial charge in [-0.2, -0.15) is 4.98 Å². The smallest absolute Gasteiger partial charge is 0.319 e. The van der Waals surface area contributed by atoms with Gasteiger partial charge < -0.3 is 25.7 Å². The number of hydrogen-bond acceptors (Lipinski definition) is 6. The average molecular weight is 461 g/mol. The van der Waals surface area contributed by atoms with Crippen LogP contribution >= 0.6 is 11.6 Å². The monoisotopic (exact) mass is 460 g/mol. The number of nitrogens with zero attached hydrogens (tertiary/aromatic N) is 2. The topological polar surface area (TPSA) is 104 Å². The zero-order valence-electron chi connectivity index (χ0n) is 17.6. The van der Waals surface area contributed by atoms with Crippen LogP contribution in [0.2, 0.25) is 5.02 Å². The predicted molar refractivity (Wildman–Crippen MR) is 128 cm³/mol. The number of hydrogen-bond donors (Lipinski definition) is 4. The molecule has 3 heterocycles. The van der Waals surface area contributed by atoms with Crippen LogP contribution in [0, 0.1) is 0 Å². The number of carbonyl (C=O) groups excluding carboxylic acids is 1. The lowest BCUT2D eigenvalue weighted by Crippen LogP contribution is -2.28. The summed E-state index contributed by atoms with van der Waals surface area (Å²) < 4.78 is 5.26. The maximum absolute atomic E-state index is 12.5. The molecule has 1 aliphatic rings. The number of halogens is 1. The van der Waals surface area contributed by atoms with E-state index in [1.807, 2.05) is 36.4 Å². The van der Waals surface area contributed by atoms with E-state index in [9.17, 15) is 4.79 Å². The molecule has 4 N–H and O–H groups in total. The molecule has 0 atom stereocenters. The van der Waals surface area contributed by atoms with Crippen LogP contribution < -0.4 is 21.3 Å². The van der Waals surface area contributed by atoms with Gasteiger partial charge in [-0.05, 0) is 66.4 Å². The fourth-order valence-corrected chi connectivity index (χ4v) is 3.75. The van der Waals surface area contributed by atoms with E-state index in [4.69, 9.17) is 16.0 Å². The first-order valence-corrected chi connectivity index (χ1v) is 10.9. The molecule has 6 bridgehead atoms. The number of amides is 2. The molecule has 5 rings (SSSR count). The van der Waals surface area contributed by atoms with Gasteiger partial charge >= 0.3 is 6.03 Å². The van der Waals surface area contributed by atoms with Gasteiger partial charge in [-0.15, -0.1) is 0 Å². The Morgan fingerprint density at radius 3 is 2.85 bits per heavy atom. The Labute approximate surface area is 195 Å². The van der Waals surface area contributed by atoms with Crippen molar-refractivity contribution in [2.45, 2.75) is 19.4 Å². The highest BCUT2D eigenvalue weighted by Gasteiger charge is 2.13. The normalized spacial score (nSPS) is 12.3. The van der Waals surface area contributed by atoms with Crippen LogP contribution in [0.5, 0.6) is 0 Å². The summed E-state index contributed by atoms with van der Waals surface area (Å²) in [6.07, 6.45) is 4.65. The molecule has 166 valence electrons. The van der Waals surface area contributed by atoms with Crippen LogP contribution in [0.4, 0.5) is 33.6 Å². The van der Waals surface area contributed by atoms with Crippen molar-refractivity contribution in [3.05, 3.63) is 89.0 Å². The lowest BCUT2D eigenvalue weighted by molar-refractivity contribution is 0.251. The van der Waals surface area contributed by atoms with E-state index in [0.29, 0.717) is 29.1 Å². The predicted octanol–water partition coefficient (Wildman–Crippen LogP) is 5.63. The van der Waals surface area contributed by atoms with Crippen molar-refractivity contribution in [1.82, 2.24) is 15.3 Å². The number of urea groups is 1. The highest BCUT2D eigenvalue weighted by molar-refractivity contribution is 6.32. The number of nitrogens with one attached hydrogen (secondary N) is 4. The van der Waals surface area contributed by atoms with Gasteiger partial charge in [0.1, 0.15) is 10.8 Å². The number of carbonyl (C=O) groups is 1. The van der Waals surface area contributed by atoms with Crippen molar-refractivity contribution in [3.63, 3.8) is 0 Å². The summed E-state index contributed by atoms with van der Waals surface area (Å²) in [6.45, 7) is 0.308. The number of anilines is 5. The Hall–Kier alpha value is -4.04. The van der Waals surface area contributed by atoms with Crippen LogP contribution in [0.3, 0.4) is 0 Å². The summed E-state index contributed by atoms with van der Waals surface area (Å²) in [5.74, 6) is 1.63. The third-order valence-corrected chi connectivity index (χ3v) is 5.51. The van der Waals surface area contributed by atoms with Gasteiger partial charge in [0.25, 0.3) is 0 Å².